The molecule has 15 heavy (non-hydrogen) atoms. The smallest absolute Gasteiger partial charge is 0.243 e. The fourth-order valence-corrected chi connectivity index (χ4v) is 1.09. The Kier molecular flexibility index (Phi) is 4.79. The first kappa shape index (κ1) is 11.7. The van der Waals surface area contributed by atoms with E-state index in [0.29, 0.717) is 13.2 Å². The summed E-state index contributed by atoms with van der Waals surface area (Å²) >= 11 is 0. The Hall–Kier alpha value is -1.40. The molecule has 0 radical (unpaired) electrons. The van der Waals surface area contributed by atoms with Crippen LogP contribution in [0, 0.1) is 6.92 Å². The number of aromatic amines is 1. The second kappa shape index (κ2) is 6.15. The van der Waals surface area contributed by atoms with Crippen LogP contribution in [0.15, 0.2) is 6.20 Å². The molecule has 0 fully saturated rings. The van der Waals surface area contributed by atoms with Crippen molar-refractivity contribution in [1.29, 1.82) is 0 Å². The first-order valence-corrected chi connectivity index (χ1v) is 4.75. The number of nitrogens with zero attached hydrogens (tertiary/aromatic N) is 1. The van der Waals surface area contributed by atoms with Crippen molar-refractivity contribution in [2.75, 3.05) is 19.8 Å². The largest absolute Gasteiger partial charge is 0.370 e. The SMILES string of the molecule is Cc1[nH]ncc1CNCCOCC(N)=O. The number of rotatable bonds is 7. The van der Waals surface area contributed by atoms with Gasteiger partial charge in [0.05, 0.1) is 12.8 Å². The van der Waals surface area contributed by atoms with Crippen LogP contribution in [0.3, 0.4) is 0 Å². The lowest BCUT2D eigenvalue weighted by Crippen LogP contribution is -2.23. The average Bonchev–Trinajstić information content (AvgIpc) is 2.57. The zero-order chi connectivity index (χ0) is 11.1. The fourth-order valence-electron chi connectivity index (χ4n) is 1.09. The van der Waals surface area contributed by atoms with Gasteiger partial charge in [0.1, 0.15) is 6.61 Å². The van der Waals surface area contributed by atoms with Crippen LogP contribution in [-0.4, -0.2) is 35.9 Å². The van der Waals surface area contributed by atoms with Crippen LogP contribution >= 0.6 is 0 Å². The highest BCUT2D eigenvalue weighted by atomic mass is 16.5. The topological polar surface area (TPSA) is 93.0 Å². The minimum atomic E-state index is -0.444. The molecule has 0 unspecified atom stereocenters. The lowest BCUT2D eigenvalue weighted by molar-refractivity contribution is -0.122. The van der Waals surface area contributed by atoms with E-state index in [1.165, 1.54) is 0 Å². The molecule has 6 heteroatoms. The summed E-state index contributed by atoms with van der Waals surface area (Å²) in [6.07, 6.45) is 1.78. The second-order valence-corrected chi connectivity index (χ2v) is 3.22. The average molecular weight is 212 g/mol. The summed E-state index contributed by atoms with van der Waals surface area (Å²) in [6, 6.07) is 0. The maximum Gasteiger partial charge on any atom is 0.243 e. The zero-order valence-electron chi connectivity index (χ0n) is 8.75. The highest BCUT2D eigenvalue weighted by Gasteiger charge is 1.99. The number of aromatic nitrogens is 2. The van der Waals surface area contributed by atoms with Crippen LogP contribution in [0.4, 0.5) is 0 Å². The van der Waals surface area contributed by atoms with E-state index < -0.39 is 5.91 Å². The molecule has 1 aromatic heterocycles. The fraction of sp³-hybridized carbons (Fsp3) is 0.556. The van der Waals surface area contributed by atoms with E-state index in [9.17, 15) is 4.79 Å². The molecule has 1 rings (SSSR count). The lowest BCUT2D eigenvalue weighted by atomic mass is 10.3. The van der Waals surface area contributed by atoms with Crippen LogP contribution < -0.4 is 11.1 Å². The molecule has 0 atom stereocenters. The molecular weight excluding hydrogens is 196 g/mol. The molecule has 0 aliphatic carbocycles. The molecule has 84 valence electrons. The predicted octanol–water partition coefficient (Wildman–Crippen LogP) is -0.690. The number of carbonyl (C=O) groups is 1. The molecule has 6 nitrogen and oxygen atoms in total. The summed E-state index contributed by atoms with van der Waals surface area (Å²) < 4.78 is 4.98. The summed E-state index contributed by atoms with van der Waals surface area (Å²) in [7, 11) is 0. The van der Waals surface area contributed by atoms with Gasteiger partial charge in [-0.1, -0.05) is 0 Å². The third-order valence-electron chi connectivity index (χ3n) is 1.92. The first-order valence-electron chi connectivity index (χ1n) is 4.75. The van der Waals surface area contributed by atoms with Gasteiger partial charge in [0.25, 0.3) is 0 Å². The Balaban J connectivity index is 2.03. The predicted molar refractivity (Wildman–Crippen MR) is 55.0 cm³/mol. The van der Waals surface area contributed by atoms with Gasteiger partial charge in [-0.3, -0.25) is 9.89 Å². The third kappa shape index (κ3) is 4.57. The molecule has 0 saturated heterocycles. The van der Waals surface area contributed by atoms with Gasteiger partial charge in [0.2, 0.25) is 5.91 Å². The van der Waals surface area contributed by atoms with Gasteiger partial charge in [-0.2, -0.15) is 5.10 Å². The van der Waals surface area contributed by atoms with Crippen molar-refractivity contribution in [3.05, 3.63) is 17.5 Å². The Morgan fingerprint density at radius 1 is 1.73 bits per heavy atom. The van der Waals surface area contributed by atoms with Gasteiger partial charge in [-0.15, -0.1) is 0 Å². The van der Waals surface area contributed by atoms with Crippen molar-refractivity contribution in [2.24, 2.45) is 5.73 Å². The van der Waals surface area contributed by atoms with E-state index in [-0.39, 0.29) is 6.61 Å². The van der Waals surface area contributed by atoms with Gasteiger partial charge in [-0.05, 0) is 6.92 Å². The Bertz CT molecular complexity index is 311. The quantitative estimate of drug-likeness (QED) is 0.521. The highest BCUT2D eigenvalue weighted by Crippen LogP contribution is 2.00. The molecule has 0 aromatic carbocycles. The van der Waals surface area contributed by atoms with Crippen molar-refractivity contribution in [1.82, 2.24) is 15.5 Å². The molecule has 0 spiro atoms. The van der Waals surface area contributed by atoms with Gasteiger partial charge >= 0.3 is 0 Å². The number of ether oxygens (including phenoxy) is 1. The molecule has 0 saturated carbocycles. The summed E-state index contributed by atoms with van der Waals surface area (Å²) in [4.78, 5) is 10.3. The van der Waals surface area contributed by atoms with Gasteiger partial charge < -0.3 is 15.8 Å². The second-order valence-electron chi connectivity index (χ2n) is 3.22. The summed E-state index contributed by atoms with van der Waals surface area (Å²) in [5, 5.41) is 9.92. The van der Waals surface area contributed by atoms with E-state index in [2.05, 4.69) is 15.5 Å². The standard InChI is InChI=1S/C9H16N4O2/c1-7-8(5-12-13-7)4-11-2-3-15-6-9(10)14/h5,11H,2-4,6H2,1H3,(H2,10,14)(H,12,13). The number of hydrogen-bond donors (Lipinski definition) is 3. The van der Waals surface area contributed by atoms with E-state index in [1.54, 1.807) is 6.20 Å². The van der Waals surface area contributed by atoms with E-state index >= 15 is 0 Å². The maximum absolute atomic E-state index is 10.3. The monoisotopic (exact) mass is 212 g/mol. The van der Waals surface area contributed by atoms with E-state index in [0.717, 1.165) is 17.8 Å². The Morgan fingerprint density at radius 3 is 3.13 bits per heavy atom. The van der Waals surface area contributed by atoms with Crippen LogP contribution in [0.25, 0.3) is 0 Å². The van der Waals surface area contributed by atoms with Crippen molar-refractivity contribution in [3.63, 3.8) is 0 Å². The van der Waals surface area contributed by atoms with Gasteiger partial charge in [0, 0.05) is 24.3 Å². The number of aryl methyl sites for hydroxylation is 1. The molecule has 1 aromatic rings. The number of H-pyrrole nitrogens is 1. The molecule has 0 aliphatic heterocycles. The molecule has 1 amide bonds. The lowest BCUT2D eigenvalue weighted by Gasteiger charge is -2.04. The highest BCUT2D eigenvalue weighted by molar-refractivity contribution is 5.74. The molecule has 1 heterocycles. The minimum absolute atomic E-state index is 0.0214. The molecule has 0 bridgehead atoms. The van der Waals surface area contributed by atoms with Gasteiger partial charge in [-0.25, -0.2) is 0 Å². The molecular formula is C9H16N4O2. The van der Waals surface area contributed by atoms with E-state index in [1.807, 2.05) is 6.92 Å². The van der Waals surface area contributed by atoms with Crippen molar-refractivity contribution < 1.29 is 9.53 Å². The van der Waals surface area contributed by atoms with Crippen molar-refractivity contribution >= 4 is 5.91 Å². The number of primary amides is 1. The van der Waals surface area contributed by atoms with Crippen molar-refractivity contribution in [2.45, 2.75) is 13.5 Å². The summed E-state index contributed by atoms with van der Waals surface area (Å²) in [5.41, 5.74) is 7.09. The number of nitrogens with two attached hydrogens (primary N) is 1. The Morgan fingerprint density at radius 2 is 2.53 bits per heavy atom. The minimum Gasteiger partial charge on any atom is -0.370 e. The van der Waals surface area contributed by atoms with Gasteiger partial charge in [0.15, 0.2) is 0 Å². The van der Waals surface area contributed by atoms with Crippen LogP contribution in [0.5, 0.6) is 0 Å². The van der Waals surface area contributed by atoms with Crippen molar-refractivity contribution in [3.8, 4) is 0 Å². The zero-order valence-corrected chi connectivity index (χ0v) is 8.75. The van der Waals surface area contributed by atoms with Crippen LogP contribution in [0.2, 0.25) is 0 Å². The number of amides is 1. The van der Waals surface area contributed by atoms with Crippen LogP contribution in [0.1, 0.15) is 11.3 Å². The third-order valence-corrected chi connectivity index (χ3v) is 1.92. The molecule has 0 aliphatic rings. The maximum atomic E-state index is 10.3. The number of carbonyl (C=O) groups excluding carboxylic acids is 1. The summed E-state index contributed by atoms with van der Waals surface area (Å²) in [5.74, 6) is -0.444. The normalized spacial score (nSPS) is 10.5. The van der Waals surface area contributed by atoms with E-state index in [4.69, 9.17) is 10.5 Å². The first-order chi connectivity index (χ1) is 7.20. The summed E-state index contributed by atoms with van der Waals surface area (Å²) in [6.45, 7) is 3.83. The number of hydrogen-bond acceptors (Lipinski definition) is 4. The van der Waals surface area contributed by atoms with Crippen LogP contribution in [-0.2, 0) is 16.1 Å². The number of nitrogens with one attached hydrogen (secondary N) is 2. The Labute approximate surface area is 88.2 Å². The molecule has 4 N–H and O–H groups in total.